The number of carbonyl (C=O) groups is 6. The van der Waals surface area contributed by atoms with Crippen LogP contribution in [0, 0.1) is 6.92 Å². The molecule has 0 spiro atoms. The second-order valence-electron chi connectivity index (χ2n) is 10.3. The molecule has 0 radical (unpaired) electrons. The third-order valence-electron chi connectivity index (χ3n) is 6.87. The van der Waals surface area contributed by atoms with Crippen molar-refractivity contribution in [2.24, 2.45) is 0 Å². The molecule has 0 aliphatic heterocycles. The minimum atomic E-state index is -2.36. The lowest BCUT2D eigenvalue weighted by molar-refractivity contribution is -0.159. The van der Waals surface area contributed by atoms with Gasteiger partial charge in [-0.3, -0.25) is 25.2 Å². The number of hydrogen-bond acceptors (Lipinski definition) is 10. The van der Waals surface area contributed by atoms with Gasteiger partial charge in [-0.05, 0) is 79.7 Å². The van der Waals surface area contributed by atoms with Crippen LogP contribution in [0.5, 0.6) is 11.5 Å². The average molecular weight is 670 g/mol. The summed E-state index contributed by atoms with van der Waals surface area (Å²) < 4.78 is 20.6. The summed E-state index contributed by atoms with van der Waals surface area (Å²) in [6, 6.07) is 23.8. The van der Waals surface area contributed by atoms with E-state index < -0.39 is 41.9 Å². The lowest BCUT2D eigenvalue weighted by atomic mass is 10.1. The number of benzene rings is 4. The van der Waals surface area contributed by atoms with Crippen LogP contribution in [0.4, 0.5) is 5.69 Å². The number of hydrogen-bond donors (Lipinski definition) is 4. The smallest absolute Gasteiger partial charge is 0.349 e. The van der Waals surface area contributed by atoms with E-state index in [1.807, 2.05) is 12.3 Å². The van der Waals surface area contributed by atoms with Gasteiger partial charge >= 0.3 is 17.9 Å². The van der Waals surface area contributed by atoms with E-state index in [-0.39, 0.29) is 34.1 Å². The van der Waals surface area contributed by atoms with Crippen molar-refractivity contribution in [1.82, 2.24) is 10.9 Å². The van der Waals surface area contributed by atoms with Crippen LogP contribution in [0.3, 0.4) is 0 Å². The van der Waals surface area contributed by atoms with Crippen molar-refractivity contribution in [3.63, 3.8) is 0 Å². The SMILES string of the molecule is COc1cccc(C(=O)O[C@H](C(=O)O)[C@H](OC(=O)c2cccc(OC)c2)C(=O)NNC(=O)c2ccc(NC(=O)c3ccc(C)cc3)cc2)c1. The molecule has 0 saturated heterocycles. The first-order valence-electron chi connectivity index (χ1n) is 14.5. The highest BCUT2D eigenvalue weighted by molar-refractivity contribution is 6.05. The van der Waals surface area contributed by atoms with Gasteiger partial charge in [0, 0.05) is 16.8 Å². The van der Waals surface area contributed by atoms with E-state index in [9.17, 15) is 33.9 Å². The molecule has 0 unspecified atom stereocenters. The molecule has 252 valence electrons. The standard InChI is InChI=1S/C35H31N3O11/c1-20-10-12-21(13-11-20)30(39)36-25-16-14-22(15-17-25)31(40)37-38-32(41)28(48-34(44)23-6-4-8-26(18-23)46-2)29(33(42)43)49-35(45)24-7-5-9-27(19-24)47-3/h4-19,28-29H,1-3H3,(H,36,39)(H,37,40)(H,38,41)(H,42,43)/t28-,29-/m0/s1. The normalized spacial score (nSPS) is 11.6. The summed E-state index contributed by atoms with van der Waals surface area (Å²) in [5, 5.41) is 12.7. The number of anilines is 1. The highest BCUT2D eigenvalue weighted by Crippen LogP contribution is 2.19. The highest BCUT2D eigenvalue weighted by atomic mass is 16.6. The molecule has 14 nitrogen and oxygen atoms in total. The molecule has 0 fully saturated rings. The van der Waals surface area contributed by atoms with Crippen LogP contribution in [0.2, 0.25) is 0 Å². The lowest BCUT2D eigenvalue weighted by Crippen LogP contribution is -2.54. The molecule has 4 aromatic carbocycles. The van der Waals surface area contributed by atoms with Gasteiger partial charge in [-0.2, -0.15) is 0 Å². The predicted octanol–water partition coefficient (Wildman–Crippen LogP) is 3.56. The zero-order chi connectivity index (χ0) is 35.5. The number of hydrazine groups is 1. The van der Waals surface area contributed by atoms with E-state index in [1.165, 1.54) is 87.0 Å². The number of carbonyl (C=O) groups excluding carboxylic acids is 5. The molecule has 0 aromatic heterocycles. The molecule has 14 heteroatoms. The molecule has 0 heterocycles. The second-order valence-corrected chi connectivity index (χ2v) is 10.3. The van der Waals surface area contributed by atoms with E-state index in [0.29, 0.717) is 11.3 Å². The van der Waals surface area contributed by atoms with Crippen LogP contribution in [0.1, 0.15) is 47.0 Å². The molecule has 4 N–H and O–H groups in total. The molecule has 4 rings (SSSR count). The first-order chi connectivity index (χ1) is 23.5. The van der Waals surface area contributed by atoms with Gasteiger partial charge in [0.1, 0.15) is 11.5 Å². The largest absolute Gasteiger partial charge is 0.497 e. The second kappa shape index (κ2) is 16.2. The van der Waals surface area contributed by atoms with E-state index in [2.05, 4.69) is 10.7 Å². The monoisotopic (exact) mass is 669 g/mol. The number of methoxy groups -OCH3 is 2. The van der Waals surface area contributed by atoms with Gasteiger partial charge < -0.3 is 29.4 Å². The molecule has 0 aliphatic rings. The fourth-order valence-corrected chi connectivity index (χ4v) is 4.24. The van der Waals surface area contributed by atoms with E-state index in [4.69, 9.17) is 18.9 Å². The Kier molecular flexibility index (Phi) is 11.6. The number of aliphatic carboxylic acids is 1. The number of amides is 3. The van der Waals surface area contributed by atoms with Crippen molar-refractivity contribution >= 4 is 41.3 Å². The summed E-state index contributed by atoms with van der Waals surface area (Å²) in [5.74, 6) is -6.16. The topological polar surface area (TPSA) is 196 Å². The number of carboxylic acid groups (broad SMARTS) is 1. The summed E-state index contributed by atoms with van der Waals surface area (Å²) in [4.78, 5) is 76.9. The number of ether oxygens (including phenoxy) is 4. The van der Waals surface area contributed by atoms with Gasteiger partial charge in [0.25, 0.3) is 17.7 Å². The summed E-state index contributed by atoms with van der Waals surface area (Å²) in [6.07, 6.45) is -4.65. The average Bonchev–Trinajstić information content (AvgIpc) is 3.12. The van der Waals surface area contributed by atoms with Gasteiger partial charge in [0.05, 0.1) is 25.3 Å². The van der Waals surface area contributed by atoms with Crippen molar-refractivity contribution in [1.29, 1.82) is 0 Å². The molecule has 3 amide bonds. The minimum Gasteiger partial charge on any atom is -0.497 e. The Hall–Kier alpha value is -6.70. The Morgan fingerprint density at radius 2 is 1.08 bits per heavy atom. The van der Waals surface area contributed by atoms with Crippen LogP contribution in [0.15, 0.2) is 97.1 Å². The summed E-state index contributed by atoms with van der Waals surface area (Å²) in [7, 11) is 2.72. The third kappa shape index (κ3) is 9.42. The molecule has 0 aliphatic carbocycles. The summed E-state index contributed by atoms with van der Waals surface area (Å²) in [6.45, 7) is 1.89. The van der Waals surface area contributed by atoms with Gasteiger partial charge in [-0.15, -0.1) is 0 Å². The van der Waals surface area contributed by atoms with E-state index in [1.54, 1.807) is 24.3 Å². The van der Waals surface area contributed by atoms with Crippen LogP contribution < -0.4 is 25.6 Å². The van der Waals surface area contributed by atoms with Crippen LogP contribution in [-0.2, 0) is 19.1 Å². The van der Waals surface area contributed by atoms with Gasteiger partial charge in [-0.1, -0.05) is 29.8 Å². The maximum atomic E-state index is 13.3. The molecule has 0 bridgehead atoms. The van der Waals surface area contributed by atoms with E-state index >= 15 is 0 Å². The maximum absolute atomic E-state index is 13.3. The summed E-state index contributed by atoms with van der Waals surface area (Å²) >= 11 is 0. The van der Waals surface area contributed by atoms with Crippen molar-refractivity contribution in [3.8, 4) is 11.5 Å². The maximum Gasteiger partial charge on any atom is 0.349 e. The highest BCUT2D eigenvalue weighted by Gasteiger charge is 2.41. The van der Waals surface area contributed by atoms with Gasteiger partial charge in [-0.25, -0.2) is 14.4 Å². The number of rotatable bonds is 12. The third-order valence-corrected chi connectivity index (χ3v) is 6.87. The number of aryl methyl sites for hydroxylation is 1. The zero-order valence-electron chi connectivity index (χ0n) is 26.4. The zero-order valence-corrected chi connectivity index (χ0v) is 26.4. The molecular formula is C35H31N3O11. The fraction of sp³-hybridized carbons (Fsp3) is 0.143. The van der Waals surface area contributed by atoms with Crippen LogP contribution >= 0.6 is 0 Å². The summed E-state index contributed by atoms with van der Waals surface area (Å²) in [5.41, 5.74) is 5.75. The van der Waals surface area contributed by atoms with E-state index in [0.717, 1.165) is 5.56 Å². The van der Waals surface area contributed by atoms with Crippen LogP contribution in [0.25, 0.3) is 0 Å². The Labute approximate surface area is 279 Å². The molecule has 49 heavy (non-hydrogen) atoms. The number of nitrogens with one attached hydrogen (secondary N) is 3. The lowest BCUT2D eigenvalue weighted by Gasteiger charge is -2.23. The van der Waals surface area contributed by atoms with Crippen molar-refractivity contribution in [2.75, 3.05) is 19.5 Å². The predicted molar refractivity (Wildman–Crippen MR) is 173 cm³/mol. The Morgan fingerprint density at radius 3 is 1.59 bits per heavy atom. The quantitative estimate of drug-likeness (QED) is 0.127. The molecule has 0 saturated carbocycles. The van der Waals surface area contributed by atoms with Gasteiger partial charge in [0.15, 0.2) is 0 Å². The van der Waals surface area contributed by atoms with Crippen molar-refractivity contribution in [2.45, 2.75) is 19.1 Å². The van der Waals surface area contributed by atoms with Crippen molar-refractivity contribution < 1.29 is 52.8 Å². The minimum absolute atomic E-state index is 0.0396. The molecule has 4 aromatic rings. The van der Waals surface area contributed by atoms with Crippen molar-refractivity contribution in [3.05, 3.63) is 125 Å². The molecule has 2 atom stereocenters. The Morgan fingerprint density at radius 1 is 0.592 bits per heavy atom. The molecular weight excluding hydrogens is 638 g/mol. The Bertz CT molecular complexity index is 1860. The van der Waals surface area contributed by atoms with Gasteiger partial charge in [0.2, 0.25) is 12.2 Å². The number of esters is 2. The fourth-order valence-electron chi connectivity index (χ4n) is 4.24. The van der Waals surface area contributed by atoms with Crippen LogP contribution in [-0.4, -0.2) is 67.2 Å². The Balaban J connectivity index is 1.49. The number of carboxylic acids is 1. The first-order valence-corrected chi connectivity index (χ1v) is 14.5. The first kappa shape index (κ1) is 35.2.